The third-order valence-electron chi connectivity index (χ3n) is 4.16. The lowest BCUT2D eigenvalue weighted by atomic mass is 10.1. The molecule has 3 aromatic rings. The Morgan fingerprint density at radius 2 is 1.58 bits per heavy atom. The second kappa shape index (κ2) is 8.30. The molecule has 0 spiro atoms. The van der Waals surface area contributed by atoms with Crippen LogP contribution in [-0.4, -0.2) is 13.0 Å². The fourth-order valence-corrected chi connectivity index (χ4v) is 2.77. The molecule has 0 bridgehead atoms. The Kier molecular flexibility index (Phi) is 5.64. The third-order valence-corrected chi connectivity index (χ3v) is 4.16. The van der Waals surface area contributed by atoms with E-state index in [0.29, 0.717) is 11.3 Å². The molecular formula is C22H21FN2O. The van der Waals surface area contributed by atoms with Crippen molar-refractivity contribution in [1.82, 2.24) is 0 Å². The fraction of sp³-hybridized carbons (Fsp3) is 0.136. The Bertz CT molecular complexity index is 863. The van der Waals surface area contributed by atoms with Gasteiger partial charge in [0.1, 0.15) is 5.82 Å². The van der Waals surface area contributed by atoms with Crippen molar-refractivity contribution in [3.8, 4) is 0 Å². The van der Waals surface area contributed by atoms with Crippen molar-refractivity contribution in [2.45, 2.75) is 13.0 Å². The van der Waals surface area contributed by atoms with E-state index >= 15 is 0 Å². The van der Waals surface area contributed by atoms with Gasteiger partial charge < -0.3 is 10.2 Å². The Hall–Kier alpha value is -3.14. The highest BCUT2D eigenvalue weighted by molar-refractivity contribution is 5.92. The minimum absolute atomic E-state index is 0.0162. The molecule has 0 saturated heterocycles. The van der Waals surface area contributed by atoms with Gasteiger partial charge in [0.2, 0.25) is 5.91 Å². The maximum atomic E-state index is 13.6. The van der Waals surface area contributed by atoms with E-state index in [4.69, 9.17) is 0 Å². The van der Waals surface area contributed by atoms with E-state index in [9.17, 15) is 9.18 Å². The number of carbonyl (C=O) groups is 1. The zero-order valence-electron chi connectivity index (χ0n) is 14.7. The minimum Gasteiger partial charge on any atom is -0.370 e. The highest BCUT2D eigenvalue weighted by Crippen LogP contribution is 2.19. The van der Waals surface area contributed by atoms with Crippen LogP contribution in [0.3, 0.4) is 0 Å². The number of benzene rings is 3. The number of anilines is 2. The lowest BCUT2D eigenvalue weighted by Crippen LogP contribution is -2.17. The topological polar surface area (TPSA) is 32.3 Å². The van der Waals surface area contributed by atoms with Crippen molar-refractivity contribution in [1.29, 1.82) is 0 Å². The van der Waals surface area contributed by atoms with Gasteiger partial charge in [-0.15, -0.1) is 0 Å². The molecule has 26 heavy (non-hydrogen) atoms. The number of halogens is 1. The second-order valence-electron chi connectivity index (χ2n) is 6.20. The minimum atomic E-state index is -0.361. The summed E-state index contributed by atoms with van der Waals surface area (Å²) in [7, 11) is 2.03. The molecule has 0 fully saturated rings. The molecule has 0 heterocycles. The standard InChI is InChI=1S/C22H21FN2O/c1-25(16-17-7-3-2-4-8-17)20-13-11-19(12-14-20)24-22(26)15-18-9-5-6-10-21(18)23/h2-14H,15-16H2,1H3,(H,24,26). The summed E-state index contributed by atoms with van der Waals surface area (Å²) in [5, 5.41) is 2.81. The highest BCUT2D eigenvalue weighted by atomic mass is 19.1. The maximum absolute atomic E-state index is 13.6. The number of hydrogen-bond acceptors (Lipinski definition) is 2. The van der Waals surface area contributed by atoms with Crippen LogP contribution in [0.25, 0.3) is 0 Å². The molecule has 0 aliphatic carbocycles. The van der Waals surface area contributed by atoms with Crippen LogP contribution in [0.4, 0.5) is 15.8 Å². The summed E-state index contributed by atoms with van der Waals surface area (Å²) in [6.45, 7) is 0.805. The summed E-state index contributed by atoms with van der Waals surface area (Å²) in [4.78, 5) is 14.2. The zero-order chi connectivity index (χ0) is 18.4. The van der Waals surface area contributed by atoms with E-state index in [2.05, 4.69) is 22.3 Å². The van der Waals surface area contributed by atoms with Crippen LogP contribution in [0.1, 0.15) is 11.1 Å². The predicted molar refractivity (Wildman–Crippen MR) is 104 cm³/mol. The number of rotatable bonds is 6. The molecule has 0 unspecified atom stereocenters. The van der Waals surface area contributed by atoms with Gasteiger partial charge in [0.25, 0.3) is 0 Å². The summed E-state index contributed by atoms with van der Waals surface area (Å²) in [6.07, 6.45) is 0.0162. The number of nitrogens with zero attached hydrogens (tertiary/aromatic N) is 1. The Labute approximate surface area is 153 Å². The van der Waals surface area contributed by atoms with Gasteiger partial charge in [-0.2, -0.15) is 0 Å². The summed E-state index contributed by atoms with van der Waals surface area (Å²) >= 11 is 0. The van der Waals surface area contributed by atoms with Crippen molar-refractivity contribution in [2.24, 2.45) is 0 Å². The summed E-state index contributed by atoms with van der Waals surface area (Å²) < 4.78 is 13.6. The molecule has 1 N–H and O–H groups in total. The lowest BCUT2D eigenvalue weighted by molar-refractivity contribution is -0.115. The molecule has 0 saturated carbocycles. The van der Waals surface area contributed by atoms with Gasteiger partial charge in [-0.05, 0) is 41.5 Å². The molecule has 4 heteroatoms. The van der Waals surface area contributed by atoms with E-state index < -0.39 is 0 Å². The van der Waals surface area contributed by atoms with Crippen LogP contribution in [0, 0.1) is 5.82 Å². The molecule has 0 aromatic heterocycles. The molecule has 3 rings (SSSR count). The van der Waals surface area contributed by atoms with E-state index in [-0.39, 0.29) is 18.1 Å². The molecule has 0 radical (unpaired) electrons. The molecule has 0 aliphatic heterocycles. The van der Waals surface area contributed by atoms with Crippen molar-refractivity contribution in [2.75, 3.05) is 17.3 Å². The normalized spacial score (nSPS) is 10.4. The summed E-state index contributed by atoms with van der Waals surface area (Å²) in [6, 6.07) is 24.2. The first-order chi connectivity index (χ1) is 12.6. The SMILES string of the molecule is CN(Cc1ccccc1)c1ccc(NC(=O)Cc2ccccc2F)cc1. The van der Waals surface area contributed by atoms with Gasteiger partial charge in [0.05, 0.1) is 6.42 Å². The van der Waals surface area contributed by atoms with Gasteiger partial charge >= 0.3 is 0 Å². The summed E-state index contributed by atoms with van der Waals surface area (Å²) in [5.74, 6) is -0.596. The van der Waals surface area contributed by atoms with Crippen LogP contribution >= 0.6 is 0 Å². The monoisotopic (exact) mass is 348 g/mol. The largest absolute Gasteiger partial charge is 0.370 e. The lowest BCUT2D eigenvalue weighted by Gasteiger charge is -2.19. The first kappa shape index (κ1) is 17.7. The van der Waals surface area contributed by atoms with Crippen molar-refractivity contribution in [3.05, 3.63) is 95.8 Å². The molecule has 0 atom stereocenters. The van der Waals surface area contributed by atoms with Crippen LogP contribution in [0.5, 0.6) is 0 Å². The van der Waals surface area contributed by atoms with E-state index in [1.807, 2.05) is 49.5 Å². The van der Waals surface area contributed by atoms with Gasteiger partial charge in [0, 0.05) is 25.0 Å². The van der Waals surface area contributed by atoms with Gasteiger partial charge in [-0.3, -0.25) is 4.79 Å². The van der Waals surface area contributed by atoms with Crippen LogP contribution < -0.4 is 10.2 Å². The zero-order valence-corrected chi connectivity index (χ0v) is 14.7. The van der Waals surface area contributed by atoms with Gasteiger partial charge in [-0.1, -0.05) is 48.5 Å². The third kappa shape index (κ3) is 4.70. The van der Waals surface area contributed by atoms with Crippen molar-refractivity contribution < 1.29 is 9.18 Å². The van der Waals surface area contributed by atoms with Crippen molar-refractivity contribution >= 4 is 17.3 Å². The highest BCUT2D eigenvalue weighted by Gasteiger charge is 2.08. The van der Waals surface area contributed by atoms with Crippen LogP contribution in [0.15, 0.2) is 78.9 Å². The predicted octanol–water partition coefficient (Wildman–Crippen LogP) is 4.64. The number of nitrogens with one attached hydrogen (secondary N) is 1. The smallest absolute Gasteiger partial charge is 0.228 e. The first-order valence-electron chi connectivity index (χ1n) is 8.50. The van der Waals surface area contributed by atoms with Crippen molar-refractivity contribution in [3.63, 3.8) is 0 Å². The number of carbonyl (C=O) groups excluding carboxylic acids is 1. The Morgan fingerprint density at radius 3 is 2.27 bits per heavy atom. The second-order valence-corrected chi connectivity index (χ2v) is 6.20. The molecule has 0 aliphatic rings. The average Bonchev–Trinajstić information content (AvgIpc) is 2.65. The molecule has 1 amide bonds. The van der Waals surface area contributed by atoms with E-state index in [0.717, 1.165) is 12.2 Å². The number of amides is 1. The van der Waals surface area contributed by atoms with Crippen LogP contribution in [0.2, 0.25) is 0 Å². The molecular weight excluding hydrogens is 327 g/mol. The Morgan fingerprint density at radius 1 is 0.923 bits per heavy atom. The van der Waals surface area contributed by atoms with Gasteiger partial charge in [-0.25, -0.2) is 4.39 Å². The van der Waals surface area contributed by atoms with Gasteiger partial charge in [0.15, 0.2) is 0 Å². The van der Waals surface area contributed by atoms with E-state index in [1.165, 1.54) is 11.6 Å². The fourth-order valence-electron chi connectivity index (χ4n) is 2.77. The maximum Gasteiger partial charge on any atom is 0.228 e. The molecule has 132 valence electrons. The summed E-state index contributed by atoms with van der Waals surface area (Å²) in [5.41, 5.74) is 3.38. The Balaban J connectivity index is 1.59. The average molecular weight is 348 g/mol. The van der Waals surface area contributed by atoms with E-state index in [1.54, 1.807) is 18.2 Å². The molecule has 3 nitrogen and oxygen atoms in total. The molecule has 3 aromatic carbocycles. The van der Waals surface area contributed by atoms with Crippen LogP contribution in [-0.2, 0) is 17.8 Å². The number of hydrogen-bond donors (Lipinski definition) is 1. The quantitative estimate of drug-likeness (QED) is 0.704. The first-order valence-corrected chi connectivity index (χ1v) is 8.50.